The van der Waals surface area contributed by atoms with Crippen LogP contribution in [-0.2, 0) is 11.3 Å². The van der Waals surface area contributed by atoms with E-state index in [-0.39, 0.29) is 0 Å². The van der Waals surface area contributed by atoms with Gasteiger partial charge >= 0.3 is 0 Å². The molecule has 1 aromatic rings. The van der Waals surface area contributed by atoms with Gasteiger partial charge in [0.1, 0.15) is 5.82 Å². The average molecular weight is 289 g/mol. The minimum Gasteiger partial charge on any atom is -0.370 e. The van der Waals surface area contributed by atoms with E-state index in [0.29, 0.717) is 24.8 Å². The standard InChI is InChI=1S/C17H27N3O/c1-3-9-18-16-12-15(7-10-19-16)13-20-11-8-14(4-2)5-6-17(20)21/h7,10,12,14H,3-6,8-9,11,13H2,1-2H3,(H,18,19). The molecule has 4 nitrogen and oxygen atoms in total. The van der Waals surface area contributed by atoms with Crippen LogP contribution in [-0.4, -0.2) is 28.9 Å². The summed E-state index contributed by atoms with van der Waals surface area (Å²) in [4.78, 5) is 18.6. The van der Waals surface area contributed by atoms with Crippen molar-refractivity contribution in [3.8, 4) is 0 Å². The molecule has 1 unspecified atom stereocenters. The van der Waals surface area contributed by atoms with Gasteiger partial charge in [-0.15, -0.1) is 0 Å². The Morgan fingerprint density at radius 3 is 3.00 bits per heavy atom. The highest BCUT2D eigenvalue weighted by molar-refractivity contribution is 5.76. The molecule has 1 atom stereocenters. The van der Waals surface area contributed by atoms with Gasteiger partial charge in [0, 0.05) is 32.3 Å². The van der Waals surface area contributed by atoms with E-state index in [1.54, 1.807) is 0 Å². The van der Waals surface area contributed by atoms with Crippen molar-refractivity contribution in [1.82, 2.24) is 9.88 Å². The monoisotopic (exact) mass is 289 g/mol. The molecule has 21 heavy (non-hydrogen) atoms. The molecule has 1 amide bonds. The fourth-order valence-electron chi connectivity index (χ4n) is 2.81. The van der Waals surface area contributed by atoms with Crippen LogP contribution < -0.4 is 5.32 Å². The Labute approximate surface area is 127 Å². The molecule has 0 aliphatic carbocycles. The van der Waals surface area contributed by atoms with E-state index in [2.05, 4.69) is 30.2 Å². The molecule has 4 heteroatoms. The number of carbonyl (C=O) groups excluding carboxylic acids is 1. The molecule has 1 aliphatic heterocycles. The highest BCUT2D eigenvalue weighted by atomic mass is 16.2. The maximum Gasteiger partial charge on any atom is 0.222 e. The first kappa shape index (κ1) is 15.8. The molecular weight excluding hydrogens is 262 g/mol. The Bertz CT molecular complexity index is 461. The Balaban J connectivity index is 1.98. The van der Waals surface area contributed by atoms with Crippen LogP contribution in [0.4, 0.5) is 5.82 Å². The van der Waals surface area contributed by atoms with Crippen molar-refractivity contribution in [3.63, 3.8) is 0 Å². The molecule has 0 spiro atoms. The SMILES string of the molecule is CCCNc1cc(CN2CCC(CC)CCC2=O)ccn1. The van der Waals surface area contributed by atoms with Gasteiger partial charge in [-0.05, 0) is 42.9 Å². The molecule has 2 rings (SSSR count). The first-order valence-electron chi connectivity index (χ1n) is 8.19. The summed E-state index contributed by atoms with van der Waals surface area (Å²) in [5.41, 5.74) is 1.16. The molecule has 1 aromatic heterocycles. The third-order valence-corrected chi connectivity index (χ3v) is 4.26. The molecule has 2 heterocycles. The molecule has 1 saturated heterocycles. The summed E-state index contributed by atoms with van der Waals surface area (Å²) in [6.07, 6.45) is 6.96. The number of amides is 1. The number of hydrogen-bond acceptors (Lipinski definition) is 3. The second-order valence-electron chi connectivity index (χ2n) is 5.89. The zero-order chi connectivity index (χ0) is 15.1. The first-order chi connectivity index (χ1) is 10.2. The molecule has 0 aromatic carbocycles. The van der Waals surface area contributed by atoms with E-state index in [9.17, 15) is 4.79 Å². The number of carbonyl (C=O) groups is 1. The van der Waals surface area contributed by atoms with E-state index >= 15 is 0 Å². The largest absolute Gasteiger partial charge is 0.370 e. The van der Waals surface area contributed by atoms with E-state index in [0.717, 1.165) is 43.7 Å². The number of anilines is 1. The van der Waals surface area contributed by atoms with Gasteiger partial charge in [-0.3, -0.25) is 4.79 Å². The van der Waals surface area contributed by atoms with Crippen molar-refractivity contribution in [2.75, 3.05) is 18.4 Å². The summed E-state index contributed by atoms with van der Waals surface area (Å²) >= 11 is 0. The highest BCUT2D eigenvalue weighted by Gasteiger charge is 2.21. The van der Waals surface area contributed by atoms with Crippen molar-refractivity contribution in [1.29, 1.82) is 0 Å². The fraction of sp³-hybridized carbons (Fsp3) is 0.647. The van der Waals surface area contributed by atoms with Crippen molar-refractivity contribution >= 4 is 11.7 Å². The van der Waals surface area contributed by atoms with Crippen LogP contribution in [0.5, 0.6) is 0 Å². The second kappa shape index (κ2) is 8.01. The zero-order valence-corrected chi connectivity index (χ0v) is 13.3. The lowest BCUT2D eigenvalue weighted by molar-refractivity contribution is -0.131. The van der Waals surface area contributed by atoms with Gasteiger partial charge in [-0.25, -0.2) is 4.98 Å². The lowest BCUT2D eigenvalue weighted by Gasteiger charge is -2.21. The predicted octanol–water partition coefficient (Wildman–Crippen LogP) is 3.44. The Kier molecular flexibility index (Phi) is 6.03. The van der Waals surface area contributed by atoms with Gasteiger partial charge in [0.25, 0.3) is 0 Å². The van der Waals surface area contributed by atoms with Gasteiger partial charge in [0.05, 0.1) is 0 Å². The summed E-state index contributed by atoms with van der Waals surface area (Å²) < 4.78 is 0. The third kappa shape index (κ3) is 4.73. The molecule has 0 radical (unpaired) electrons. The van der Waals surface area contributed by atoms with Crippen LogP contribution in [0, 0.1) is 5.92 Å². The predicted molar refractivity (Wildman–Crippen MR) is 86.1 cm³/mol. The maximum absolute atomic E-state index is 12.2. The van der Waals surface area contributed by atoms with Gasteiger partial charge in [0.15, 0.2) is 0 Å². The normalized spacial score (nSPS) is 19.4. The Morgan fingerprint density at radius 2 is 2.24 bits per heavy atom. The van der Waals surface area contributed by atoms with Crippen LogP contribution in [0.1, 0.15) is 51.5 Å². The van der Waals surface area contributed by atoms with E-state index in [1.807, 2.05) is 17.2 Å². The highest BCUT2D eigenvalue weighted by Crippen LogP contribution is 2.22. The molecule has 116 valence electrons. The number of rotatable bonds is 6. The van der Waals surface area contributed by atoms with Gasteiger partial charge in [-0.1, -0.05) is 20.3 Å². The quantitative estimate of drug-likeness (QED) is 0.872. The van der Waals surface area contributed by atoms with Crippen LogP contribution in [0.15, 0.2) is 18.3 Å². The number of hydrogen-bond donors (Lipinski definition) is 1. The summed E-state index contributed by atoms with van der Waals surface area (Å²) in [5, 5.41) is 3.30. The molecule has 1 aliphatic rings. The molecule has 0 bridgehead atoms. The molecule has 1 fully saturated rings. The topological polar surface area (TPSA) is 45.2 Å². The smallest absolute Gasteiger partial charge is 0.222 e. The average Bonchev–Trinajstić information content (AvgIpc) is 2.68. The lowest BCUT2D eigenvalue weighted by Crippen LogP contribution is -2.29. The minimum atomic E-state index is 0.297. The second-order valence-corrected chi connectivity index (χ2v) is 5.89. The third-order valence-electron chi connectivity index (χ3n) is 4.26. The van der Waals surface area contributed by atoms with E-state index in [1.165, 1.54) is 6.42 Å². The molecule has 0 saturated carbocycles. The van der Waals surface area contributed by atoms with Crippen LogP contribution in [0.25, 0.3) is 0 Å². The Morgan fingerprint density at radius 1 is 1.38 bits per heavy atom. The fourth-order valence-corrected chi connectivity index (χ4v) is 2.81. The summed E-state index contributed by atoms with van der Waals surface area (Å²) in [6, 6.07) is 4.07. The molecular formula is C17H27N3O. The van der Waals surface area contributed by atoms with Crippen molar-refractivity contribution in [2.45, 2.75) is 52.5 Å². The summed E-state index contributed by atoms with van der Waals surface area (Å²) in [5.74, 6) is 1.91. The summed E-state index contributed by atoms with van der Waals surface area (Å²) in [7, 11) is 0. The van der Waals surface area contributed by atoms with E-state index in [4.69, 9.17) is 0 Å². The van der Waals surface area contributed by atoms with Crippen molar-refractivity contribution in [2.24, 2.45) is 5.92 Å². The first-order valence-corrected chi connectivity index (χ1v) is 8.19. The number of nitrogens with zero attached hydrogens (tertiary/aromatic N) is 2. The summed E-state index contributed by atoms with van der Waals surface area (Å²) in [6.45, 7) is 6.88. The minimum absolute atomic E-state index is 0.297. The molecule has 1 N–H and O–H groups in total. The lowest BCUT2D eigenvalue weighted by atomic mass is 9.98. The van der Waals surface area contributed by atoms with Crippen molar-refractivity contribution in [3.05, 3.63) is 23.9 Å². The number of likely N-dealkylation sites (tertiary alicyclic amines) is 1. The number of aromatic nitrogens is 1. The van der Waals surface area contributed by atoms with Crippen LogP contribution in [0.2, 0.25) is 0 Å². The van der Waals surface area contributed by atoms with Crippen LogP contribution in [0.3, 0.4) is 0 Å². The van der Waals surface area contributed by atoms with E-state index < -0.39 is 0 Å². The van der Waals surface area contributed by atoms with Gasteiger partial charge in [0.2, 0.25) is 5.91 Å². The maximum atomic E-state index is 12.2. The Hall–Kier alpha value is -1.58. The van der Waals surface area contributed by atoms with Crippen molar-refractivity contribution < 1.29 is 4.79 Å². The number of pyridine rings is 1. The van der Waals surface area contributed by atoms with Crippen LogP contribution >= 0.6 is 0 Å². The van der Waals surface area contributed by atoms with Gasteiger partial charge in [-0.2, -0.15) is 0 Å². The van der Waals surface area contributed by atoms with Gasteiger partial charge < -0.3 is 10.2 Å². The zero-order valence-electron chi connectivity index (χ0n) is 13.3. The number of nitrogens with one attached hydrogen (secondary N) is 1.